The van der Waals surface area contributed by atoms with Crippen molar-refractivity contribution in [3.8, 4) is 5.75 Å². The highest BCUT2D eigenvalue weighted by Gasteiger charge is 2.26. The Morgan fingerprint density at radius 3 is 2.62 bits per heavy atom. The number of carbonyl (C=O) groups excluding carboxylic acids is 1. The molecule has 0 spiro atoms. The van der Waals surface area contributed by atoms with Crippen molar-refractivity contribution in [3.05, 3.63) is 29.3 Å². The number of ether oxygens (including phenoxy) is 1. The molecule has 1 saturated heterocycles. The van der Waals surface area contributed by atoms with Gasteiger partial charge in [0.2, 0.25) is 5.91 Å². The topological polar surface area (TPSA) is 38.3 Å². The van der Waals surface area contributed by atoms with Crippen LogP contribution in [0, 0.1) is 11.6 Å². The molecule has 1 aromatic carbocycles. The van der Waals surface area contributed by atoms with E-state index in [0.29, 0.717) is 12.1 Å². The molecular weight excluding hydrogens is 216 g/mol. The Labute approximate surface area is 91.4 Å². The molecule has 2 rings (SSSR count). The van der Waals surface area contributed by atoms with Crippen LogP contribution < -0.4 is 10.1 Å². The second kappa shape index (κ2) is 4.08. The SMILES string of the molecule is COc1cc(F)c(F)cc1C1CNC(=O)C1. The van der Waals surface area contributed by atoms with Crippen molar-refractivity contribution >= 4 is 5.91 Å². The van der Waals surface area contributed by atoms with Crippen molar-refractivity contribution < 1.29 is 18.3 Å². The van der Waals surface area contributed by atoms with Gasteiger partial charge in [0.15, 0.2) is 11.6 Å². The molecule has 1 N–H and O–H groups in total. The van der Waals surface area contributed by atoms with Crippen LogP contribution in [0.3, 0.4) is 0 Å². The van der Waals surface area contributed by atoms with E-state index in [1.165, 1.54) is 7.11 Å². The third-order valence-electron chi connectivity index (χ3n) is 2.69. The summed E-state index contributed by atoms with van der Waals surface area (Å²) in [6.45, 7) is 0.431. The number of methoxy groups -OCH3 is 1. The normalized spacial score (nSPS) is 19.7. The van der Waals surface area contributed by atoms with Crippen molar-refractivity contribution in [1.82, 2.24) is 5.32 Å². The van der Waals surface area contributed by atoms with Gasteiger partial charge in [-0.15, -0.1) is 0 Å². The lowest BCUT2D eigenvalue weighted by Gasteiger charge is -2.13. The Balaban J connectivity index is 2.39. The third-order valence-corrected chi connectivity index (χ3v) is 2.69. The quantitative estimate of drug-likeness (QED) is 0.833. The maximum Gasteiger partial charge on any atom is 0.220 e. The summed E-state index contributed by atoms with van der Waals surface area (Å²) in [6, 6.07) is 2.10. The molecule has 1 aliphatic heterocycles. The molecular formula is C11H11F2NO2. The summed E-state index contributed by atoms with van der Waals surface area (Å²) in [5, 5.41) is 2.64. The lowest BCUT2D eigenvalue weighted by molar-refractivity contribution is -0.119. The van der Waals surface area contributed by atoms with Gasteiger partial charge in [-0.05, 0) is 6.07 Å². The minimum absolute atomic E-state index is 0.0863. The standard InChI is InChI=1S/C11H11F2NO2/c1-16-10-4-9(13)8(12)3-7(10)6-2-11(15)14-5-6/h3-4,6H,2,5H2,1H3,(H,14,15). The molecule has 3 nitrogen and oxygen atoms in total. The van der Waals surface area contributed by atoms with Crippen molar-refractivity contribution in [3.63, 3.8) is 0 Å². The number of halogens is 2. The maximum atomic E-state index is 13.1. The van der Waals surface area contributed by atoms with E-state index in [1.807, 2.05) is 0 Å². The first-order valence-electron chi connectivity index (χ1n) is 4.91. The van der Waals surface area contributed by atoms with Gasteiger partial charge < -0.3 is 10.1 Å². The van der Waals surface area contributed by atoms with Crippen molar-refractivity contribution in [1.29, 1.82) is 0 Å². The Morgan fingerprint density at radius 2 is 2.06 bits per heavy atom. The molecule has 0 aliphatic carbocycles. The van der Waals surface area contributed by atoms with E-state index in [4.69, 9.17) is 4.74 Å². The zero-order valence-corrected chi connectivity index (χ0v) is 8.72. The number of hydrogen-bond acceptors (Lipinski definition) is 2. The third kappa shape index (κ3) is 1.85. The van der Waals surface area contributed by atoms with Crippen LogP contribution in [-0.4, -0.2) is 19.6 Å². The number of amides is 1. The van der Waals surface area contributed by atoms with Crippen molar-refractivity contribution in [2.24, 2.45) is 0 Å². The summed E-state index contributed by atoms with van der Waals surface area (Å²) >= 11 is 0. The van der Waals surface area contributed by atoms with E-state index in [1.54, 1.807) is 0 Å². The zero-order valence-electron chi connectivity index (χ0n) is 8.72. The van der Waals surface area contributed by atoms with E-state index in [-0.39, 0.29) is 24.0 Å². The minimum atomic E-state index is -0.946. The number of rotatable bonds is 2. The second-order valence-corrected chi connectivity index (χ2v) is 3.71. The summed E-state index contributed by atoms with van der Waals surface area (Å²) in [7, 11) is 1.39. The van der Waals surface area contributed by atoms with Crippen LogP contribution in [0.1, 0.15) is 17.9 Å². The Hall–Kier alpha value is -1.65. The van der Waals surface area contributed by atoms with E-state index >= 15 is 0 Å². The highest BCUT2D eigenvalue weighted by atomic mass is 19.2. The van der Waals surface area contributed by atoms with Gasteiger partial charge in [0.25, 0.3) is 0 Å². The van der Waals surface area contributed by atoms with E-state index < -0.39 is 11.6 Å². The van der Waals surface area contributed by atoms with Crippen LogP contribution in [0.25, 0.3) is 0 Å². The van der Waals surface area contributed by atoms with Crippen LogP contribution in [0.5, 0.6) is 5.75 Å². The lowest BCUT2D eigenvalue weighted by atomic mass is 9.97. The average Bonchev–Trinajstić information content (AvgIpc) is 2.68. The zero-order chi connectivity index (χ0) is 11.7. The van der Waals surface area contributed by atoms with Gasteiger partial charge in [0.1, 0.15) is 5.75 Å². The molecule has 0 saturated carbocycles. The highest BCUT2D eigenvalue weighted by molar-refractivity contribution is 5.79. The van der Waals surface area contributed by atoms with Crippen LogP contribution in [0.4, 0.5) is 8.78 Å². The Morgan fingerprint density at radius 1 is 1.38 bits per heavy atom. The molecule has 1 aliphatic rings. The maximum absolute atomic E-state index is 13.1. The van der Waals surface area contributed by atoms with Crippen molar-refractivity contribution in [2.75, 3.05) is 13.7 Å². The highest BCUT2D eigenvalue weighted by Crippen LogP contribution is 2.32. The number of hydrogen-bond donors (Lipinski definition) is 1. The van der Waals surface area contributed by atoms with Gasteiger partial charge in [-0.2, -0.15) is 0 Å². The molecule has 1 amide bonds. The average molecular weight is 227 g/mol. The number of nitrogens with one attached hydrogen (secondary N) is 1. The molecule has 0 radical (unpaired) electrons. The van der Waals surface area contributed by atoms with Crippen LogP contribution >= 0.6 is 0 Å². The first-order chi connectivity index (χ1) is 7.61. The molecule has 5 heteroatoms. The predicted octanol–water partition coefficient (Wildman–Crippen LogP) is 1.58. The number of benzene rings is 1. The van der Waals surface area contributed by atoms with E-state index in [9.17, 15) is 13.6 Å². The fourth-order valence-corrected chi connectivity index (χ4v) is 1.86. The van der Waals surface area contributed by atoms with Crippen LogP contribution in [0.15, 0.2) is 12.1 Å². The molecule has 1 fully saturated rings. The van der Waals surface area contributed by atoms with Gasteiger partial charge >= 0.3 is 0 Å². The molecule has 1 aromatic rings. The van der Waals surface area contributed by atoms with Gasteiger partial charge in [-0.25, -0.2) is 8.78 Å². The second-order valence-electron chi connectivity index (χ2n) is 3.71. The van der Waals surface area contributed by atoms with Gasteiger partial charge in [-0.1, -0.05) is 0 Å². The predicted molar refractivity (Wildman–Crippen MR) is 53.3 cm³/mol. The molecule has 1 unspecified atom stereocenters. The molecule has 16 heavy (non-hydrogen) atoms. The molecule has 1 heterocycles. The van der Waals surface area contributed by atoms with Gasteiger partial charge in [0.05, 0.1) is 7.11 Å². The minimum Gasteiger partial charge on any atom is -0.496 e. The summed E-state index contributed by atoms with van der Waals surface area (Å²) in [4.78, 5) is 11.1. The summed E-state index contributed by atoms with van der Waals surface area (Å²) in [5.41, 5.74) is 0.528. The molecule has 0 aromatic heterocycles. The summed E-state index contributed by atoms with van der Waals surface area (Å²) in [6.07, 6.45) is 0.279. The molecule has 1 atom stereocenters. The largest absolute Gasteiger partial charge is 0.496 e. The fraction of sp³-hybridized carbons (Fsp3) is 0.364. The molecule has 0 bridgehead atoms. The molecule has 86 valence electrons. The van der Waals surface area contributed by atoms with Crippen LogP contribution in [-0.2, 0) is 4.79 Å². The first-order valence-corrected chi connectivity index (χ1v) is 4.91. The monoisotopic (exact) mass is 227 g/mol. The van der Waals surface area contributed by atoms with Crippen molar-refractivity contribution in [2.45, 2.75) is 12.3 Å². The van der Waals surface area contributed by atoms with Gasteiger partial charge in [-0.3, -0.25) is 4.79 Å². The number of carbonyl (C=O) groups is 1. The Bertz CT molecular complexity index is 434. The summed E-state index contributed by atoms with van der Waals surface area (Å²) < 4.78 is 31.1. The van der Waals surface area contributed by atoms with Gasteiger partial charge in [0, 0.05) is 30.5 Å². The lowest BCUT2D eigenvalue weighted by Crippen LogP contribution is -2.13. The Kier molecular flexibility index (Phi) is 2.77. The fourth-order valence-electron chi connectivity index (χ4n) is 1.86. The van der Waals surface area contributed by atoms with Crippen LogP contribution in [0.2, 0.25) is 0 Å². The van der Waals surface area contributed by atoms with E-state index in [0.717, 1.165) is 12.1 Å². The smallest absolute Gasteiger partial charge is 0.220 e. The van der Waals surface area contributed by atoms with E-state index in [2.05, 4.69) is 5.32 Å². The first kappa shape index (κ1) is 10.9. The summed E-state index contributed by atoms with van der Waals surface area (Å²) in [5.74, 6) is -1.83.